The average Bonchev–Trinajstić information content (AvgIpc) is 2.89. The SMILES string of the molecule is CCN(C(=O)Cc1ccco1)C1CCS(=O)(=O)C1. The van der Waals surface area contributed by atoms with E-state index in [4.69, 9.17) is 4.42 Å². The fraction of sp³-hybridized carbons (Fsp3) is 0.583. The van der Waals surface area contributed by atoms with Gasteiger partial charge < -0.3 is 9.32 Å². The highest BCUT2D eigenvalue weighted by Gasteiger charge is 2.33. The molecule has 1 fully saturated rings. The van der Waals surface area contributed by atoms with Gasteiger partial charge in [-0.25, -0.2) is 8.42 Å². The van der Waals surface area contributed by atoms with Crippen LogP contribution in [0.4, 0.5) is 0 Å². The molecule has 0 radical (unpaired) electrons. The summed E-state index contributed by atoms with van der Waals surface area (Å²) in [5.41, 5.74) is 0. The van der Waals surface area contributed by atoms with Crippen LogP contribution >= 0.6 is 0 Å². The van der Waals surface area contributed by atoms with Gasteiger partial charge in [0.2, 0.25) is 5.91 Å². The smallest absolute Gasteiger partial charge is 0.230 e. The van der Waals surface area contributed by atoms with Gasteiger partial charge in [-0.2, -0.15) is 0 Å². The standard InChI is InChI=1S/C12H17NO4S/c1-2-13(10-5-7-18(15,16)9-10)12(14)8-11-4-3-6-17-11/h3-4,6,10H,2,5,7-9H2,1H3. The first-order valence-electron chi connectivity index (χ1n) is 6.04. The van der Waals surface area contributed by atoms with Crippen molar-refractivity contribution in [1.29, 1.82) is 0 Å². The number of amides is 1. The van der Waals surface area contributed by atoms with Crippen molar-refractivity contribution in [3.63, 3.8) is 0 Å². The zero-order chi connectivity index (χ0) is 13.2. The lowest BCUT2D eigenvalue weighted by atomic mass is 10.2. The Morgan fingerprint density at radius 2 is 2.33 bits per heavy atom. The predicted molar refractivity (Wildman–Crippen MR) is 66.9 cm³/mol. The third-order valence-corrected chi connectivity index (χ3v) is 4.97. The second-order valence-corrected chi connectivity index (χ2v) is 6.72. The van der Waals surface area contributed by atoms with Crippen LogP contribution in [-0.2, 0) is 21.1 Å². The summed E-state index contributed by atoms with van der Waals surface area (Å²) in [6.07, 6.45) is 2.26. The van der Waals surface area contributed by atoms with Gasteiger partial charge in [0.25, 0.3) is 0 Å². The molecule has 1 aliphatic rings. The molecule has 2 rings (SSSR count). The number of sulfone groups is 1. The molecule has 0 N–H and O–H groups in total. The lowest BCUT2D eigenvalue weighted by molar-refractivity contribution is -0.132. The number of hydrogen-bond acceptors (Lipinski definition) is 4. The van der Waals surface area contributed by atoms with E-state index >= 15 is 0 Å². The van der Waals surface area contributed by atoms with E-state index in [9.17, 15) is 13.2 Å². The van der Waals surface area contributed by atoms with Gasteiger partial charge in [0.1, 0.15) is 5.76 Å². The maximum absolute atomic E-state index is 12.1. The summed E-state index contributed by atoms with van der Waals surface area (Å²) in [5, 5.41) is 0. The zero-order valence-corrected chi connectivity index (χ0v) is 11.1. The van der Waals surface area contributed by atoms with Crippen molar-refractivity contribution in [2.45, 2.75) is 25.8 Å². The number of nitrogens with zero attached hydrogens (tertiary/aromatic N) is 1. The lowest BCUT2D eigenvalue weighted by Crippen LogP contribution is -2.41. The van der Waals surface area contributed by atoms with E-state index in [1.165, 1.54) is 6.26 Å². The summed E-state index contributed by atoms with van der Waals surface area (Å²) in [6, 6.07) is 3.30. The molecule has 0 aromatic carbocycles. The van der Waals surface area contributed by atoms with Crippen molar-refractivity contribution in [2.24, 2.45) is 0 Å². The Morgan fingerprint density at radius 3 is 2.83 bits per heavy atom. The maximum atomic E-state index is 12.1. The Hall–Kier alpha value is -1.30. The van der Waals surface area contributed by atoms with E-state index in [1.54, 1.807) is 17.0 Å². The third-order valence-electron chi connectivity index (χ3n) is 3.22. The molecule has 100 valence electrons. The molecule has 1 aromatic rings. The van der Waals surface area contributed by atoms with Crippen LogP contribution in [0.15, 0.2) is 22.8 Å². The number of furan rings is 1. The van der Waals surface area contributed by atoms with Crippen molar-refractivity contribution in [1.82, 2.24) is 4.90 Å². The third kappa shape index (κ3) is 2.93. The zero-order valence-electron chi connectivity index (χ0n) is 10.3. The van der Waals surface area contributed by atoms with Crippen molar-refractivity contribution < 1.29 is 17.6 Å². The minimum Gasteiger partial charge on any atom is -0.469 e. The van der Waals surface area contributed by atoms with Gasteiger partial charge in [0.05, 0.1) is 24.2 Å². The molecular formula is C12H17NO4S. The van der Waals surface area contributed by atoms with Crippen LogP contribution in [0.25, 0.3) is 0 Å². The highest BCUT2D eigenvalue weighted by Crippen LogP contribution is 2.18. The molecule has 1 saturated heterocycles. The first kappa shape index (κ1) is 13.1. The quantitative estimate of drug-likeness (QED) is 0.814. The normalized spacial score (nSPS) is 21.9. The van der Waals surface area contributed by atoms with Crippen LogP contribution in [0.3, 0.4) is 0 Å². The Balaban J connectivity index is 2.03. The van der Waals surface area contributed by atoms with Crippen molar-refractivity contribution in [3.05, 3.63) is 24.2 Å². The Morgan fingerprint density at radius 1 is 1.56 bits per heavy atom. The molecule has 1 unspecified atom stereocenters. The van der Waals surface area contributed by atoms with E-state index in [2.05, 4.69) is 0 Å². The summed E-state index contributed by atoms with van der Waals surface area (Å²) in [5.74, 6) is 0.807. The van der Waals surface area contributed by atoms with Crippen LogP contribution < -0.4 is 0 Å². The molecule has 0 aliphatic carbocycles. The first-order chi connectivity index (χ1) is 8.52. The molecule has 2 heterocycles. The Bertz CT molecular complexity index is 506. The lowest BCUT2D eigenvalue weighted by Gasteiger charge is -2.26. The van der Waals surface area contributed by atoms with Gasteiger partial charge in [0.15, 0.2) is 9.84 Å². The molecule has 1 aliphatic heterocycles. The Kier molecular flexibility index (Phi) is 3.75. The van der Waals surface area contributed by atoms with Crippen LogP contribution in [0, 0.1) is 0 Å². The van der Waals surface area contributed by atoms with E-state index in [-0.39, 0.29) is 29.9 Å². The van der Waals surface area contributed by atoms with Crippen molar-refractivity contribution >= 4 is 15.7 Å². The average molecular weight is 271 g/mol. The molecule has 1 aromatic heterocycles. The topological polar surface area (TPSA) is 67.6 Å². The first-order valence-corrected chi connectivity index (χ1v) is 7.86. The van der Waals surface area contributed by atoms with Crippen LogP contribution in [0.2, 0.25) is 0 Å². The second-order valence-electron chi connectivity index (χ2n) is 4.49. The molecule has 18 heavy (non-hydrogen) atoms. The van der Waals surface area contributed by atoms with E-state index in [0.29, 0.717) is 18.7 Å². The largest absolute Gasteiger partial charge is 0.469 e. The van der Waals surface area contributed by atoms with Gasteiger partial charge in [0, 0.05) is 12.6 Å². The molecule has 5 nitrogen and oxygen atoms in total. The van der Waals surface area contributed by atoms with E-state index in [1.807, 2.05) is 6.92 Å². The van der Waals surface area contributed by atoms with E-state index in [0.717, 1.165) is 0 Å². The monoisotopic (exact) mass is 271 g/mol. The summed E-state index contributed by atoms with van der Waals surface area (Å²) < 4.78 is 28.0. The molecular weight excluding hydrogens is 254 g/mol. The highest BCUT2D eigenvalue weighted by atomic mass is 32.2. The maximum Gasteiger partial charge on any atom is 0.230 e. The van der Waals surface area contributed by atoms with Crippen LogP contribution in [0.5, 0.6) is 0 Å². The van der Waals surface area contributed by atoms with Gasteiger partial charge in [-0.05, 0) is 25.5 Å². The molecule has 1 atom stereocenters. The van der Waals surface area contributed by atoms with Gasteiger partial charge in [-0.3, -0.25) is 4.79 Å². The fourth-order valence-electron chi connectivity index (χ4n) is 2.32. The summed E-state index contributed by atoms with van der Waals surface area (Å²) >= 11 is 0. The summed E-state index contributed by atoms with van der Waals surface area (Å²) in [4.78, 5) is 13.8. The number of likely N-dealkylation sites (N-methyl/N-ethyl adjacent to an activating group) is 1. The minimum absolute atomic E-state index is 0.0745. The number of hydrogen-bond donors (Lipinski definition) is 0. The summed E-state index contributed by atoms with van der Waals surface area (Å²) in [7, 11) is -2.96. The molecule has 0 spiro atoms. The van der Waals surface area contributed by atoms with Gasteiger partial charge >= 0.3 is 0 Å². The van der Waals surface area contributed by atoms with Gasteiger partial charge in [-0.15, -0.1) is 0 Å². The minimum atomic E-state index is -2.96. The van der Waals surface area contributed by atoms with Crippen molar-refractivity contribution in [2.75, 3.05) is 18.1 Å². The van der Waals surface area contributed by atoms with Crippen LogP contribution in [-0.4, -0.2) is 43.3 Å². The molecule has 1 amide bonds. The van der Waals surface area contributed by atoms with Crippen LogP contribution in [0.1, 0.15) is 19.1 Å². The predicted octanol–water partition coefficient (Wildman–Crippen LogP) is 0.858. The molecule has 6 heteroatoms. The number of rotatable bonds is 4. The van der Waals surface area contributed by atoms with Gasteiger partial charge in [-0.1, -0.05) is 0 Å². The van der Waals surface area contributed by atoms with Crippen molar-refractivity contribution in [3.8, 4) is 0 Å². The molecule has 0 bridgehead atoms. The highest BCUT2D eigenvalue weighted by molar-refractivity contribution is 7.91. The number of carbonyl (C=O) groups excluding carboxylic acids is 1. The number of carbonyl (C=O) groups is 1. The fourth-order valence-corrected chi connectivity index (χ4v) is 4.05. The van der Waals surface area contributed by atoms with E-state index < -0.39 is 9.84 Å². The molecule has 0 saturated carbocycles. The summed E-state index contributed by atoms with van der Waals surface area (Å²) in [6.45, 7) is 2.39. The Labute approximate surface area is 107 Å². The second kappa shape index (κ2) is 5.14.